The van der Waals surface area contributed by atoms with Gasteiger partial charge in [-0.15, -0.1) is 0 Å². The molecule has 112 valence electrons. The summed E-state index contributed by atoms with van der Waals surface area (Å²) >= 11 is 0. The highest BCUT2D eigenvalue weighted by Gasteiger charge is 2.34. The van der Waals surface area contributed by atoms with Gasteiger partial charge in [0.05, 0.1) is 18.5 Å². The van der Waals surface area contributed by atoms with Gasteiger partial charge in [-0.25, -0.2) is 13.4 Å². The van der Waals surface area contributed by atoms with Gasteiger partial charge in [-0.05, 0) is 18.1 Å². The SMILES string of the molecule is CCn1cnc(S(=O)(=O)N[C@H]2c3ccccc3C[C@H]2O)c1. The van der Waals surface area contributed by atoms with Crippen LogP contribution in [-0.2, 0) is 23.0 Å². The number of fused-ring (bicyclic) bond motifs is 1. The Morgan fingerprint density at radius 1 is 1.43 bits per heavy atom. The maximum atomic E-state index is 12.4. The zero-order valence-electron chi connectivity index (χ0n) is 11.6. The van der Waals surface area contributed by atoms with Crippen LogP contribution < -0.4 is 4.72 Å². The van der Waals surface area contributed by atoms with Crippen molar-refractivity contribution >= 4 is 10.0 Å². The first-order valence-corrected chi connectivity index (χ1v) is 8.29. The number of aliphatic hydroxyl groups excluding tert-OH is 1. The van der Waals surface area contributed by atoms with E-state index in [2.05, 4.69) is 9.71 Å². The maximum absolute atomic E-state index is 12.4. The highest BCUT2D eigenvalue weighted by Crippen LogP contribution is 2.32. The van der Waals surface area contributed by atoms with Crippen LogP contribution in [0.5, 0.6) is 0 Å². The van der Waals surface area contributed by atoms with E-state index in [9.17, 15) is 13.5 Å². The first-order chi connectivity index (χ1) is 10.0. The van der Waals surface area contributed by atoms with Gasteiger partial charge in [-0.1, -0.05) is 24.3 Å². The summed E-state index contributed by atoms with van der Waals surface area (Å²) in [5.74, 6) is 0. The third-order valence-corrected chi connectivity index (χ3v) is 5.06. The van der Waals surface area contributed by atoms with Crippen LogP contribution in [0.15, 0.2) is 41.8 Å². The Hall–Kier alpha value is -1.70. The molecule has 1 aromatic carbocycles. The van der Waals surface area contributed by atoms with Crippen LogP contribution in [0.2, 0.25) is 0 Å². The summed E-state index contributed by atoms with van der Waals surface area (Å²) in [7, 11) is -3.75. The van der Waals surface area contributed by atoms with Crippen LogP contribution in [-0.4, -0.2) is 29.2 Å². The van der Waals surface area contributed by atoms with Crippen molar-refractivity contribution in [1.82, 2.24) is 14.3 Å². The number of benzene rings is 1. The molecule has 7 heteroatoms. The Morgan fingerprint density at radius 2 is 2.19 bits per heavy atom. The second-order valence-corrected chi connectivity index (χ2v) is 6.77. The number of hydrogen-bond acceptors (Lipinski definition) is 4. The third kappa shape index (κ3) is 2.59. The lowest BCUT2D eigenvalue weighted by Gasteiger charge is -2.17. The number of hydrogen-bond donors (Lipinski definition) is 2. The summed E-state index contributed by atoms with van der Waals surface area (Å²) in [6.07, 6.45) is 2.65. The first kappa shape index (κ1) is 14.2. The molecule has 0 bridgehead atoms. The van der Waals surface area contributed by atoms with Crippen molar-refractivity contribution in [3.63, 3.8) is 0 Å². The highest BCUT2D eigenvalue weighted by atomic mass is 32.2. The molecule has 21 heavy (non-hydrogen) atoms. The van der Waals surface area contributed by atoms with Gasteiger partial charge in [0, 0.05) is 19.2 Å². The molecule has 3 rings (SSSR count). The van der Waals surface area contributed by atoms with E-state index in [-0.39, 0.29) is 5.03 Å². The molecule has 1 aromatic heterocycles. The van der Waals surface area contributed by atoms with Gasteiger partial charge >= 0.3 is 0 Å². The second-order valence-electron chi connectivity index (χ2n) is 5.11. The minimum absolute atomic E-state index is 0.0269. The van der Waals surface area contributed by atoms with Crippen molar-refractivity contribution in [2.45, 2.75) is 37.1 Å². The van der Waals surface area contributed by atoms with Crippen LogP contribution in [0, 0.1) is 0 Å². The van der Waals surface area contributed by atoms with Crippen molar-refractivity contribution in [1.29, 1.82) is 0 Å². The highest BCUT2D eigenvalue weighted by molar-refractivity contribution is 7.89. The minimum atomic E-state index is -3.75. The average molecular weight is 307 g/mol. The lowest BCUT2D eigenvalue weighted by molar-refractivity contribution is 0.151. The third-order valence-electron chi connectivity index (χ3n) is 3.74. The molecule has 1 aliphatic rings. The fourth-order valence-corrected chi connectivity index (χ4v) is 3.79. The predicted octanol–water partition coefficient (Wildman–Crippen LogP) is 0.840. The number of aryl methyl sites for hydroxylation is 1. The average Bonchev–Trinajstić information content (AvgIpc) is 3.05. The second kappa shape index (κ2) is 5.25. The molecule has 0 amide bonds. The zero-order chi connectivity index (χ0) is 15.0. The lowest BCUT2D eigenvalue weighted by Crippen LogP contribution is -2.34. The normalized spacial score (nSPS) is 21.4. The summed E-state index contributed by atoms with van der Waals surface area (Å²) in [6, 6.07) is 6.83. The summed E-state index contributed by atoms with van der Waals surface area (Å²) in [6.45, 7) is 2.56. The molecule has 0 unspecified atom stereocenters. The van der Waals surface area contributed by atoms with Crippen LogP contribution in [0.4, 0.5) is 0 Å². The number of imidazole rings is 1. The Morgan fingerprint density at radius 3 is 2.90 bits per heavy atom. The molecule has 1 heterocycles. The molecule has 0 fully saturated rings. The Labute approximate surface area is 123 Å². The van der Waals surface area contributed by atoms with Crippen molar-refractivity contribution in [3.05, 3.63) is 47.9 Å². The monoisotopic (exact) mass is 307 g/mol. The van der Waals surface area contributed by atoms with Crippen LogP contribution >= 0.6 is 0 Å². The van der Waals surface area contributed by atoms with Crippen molar-refractivity contribution in [2.75, 3.05) is 0 Å². The molecule has 0 aliphatic heterocycles. The fraction of sp³-hybridized carbons (Fsp3) is 0.357. The number of nitrogens with zero attached hydrogens (tertiary/aromatic N) is 2. The molecule has 6 nitrogen and oxygen atoms in total. The number of rotatable bonds is 4. The Kier molecular flexibility index (Phi) is 3.56. The maximum Gasteiger partial charge on any atom is 0.260 e. The first-order valence-electron chi connectivity index (χ1n) is 6.81. The standard InChI is InChI=1S/C14H17N3O3S/c1-2-17-8-13(15-9-17)21(19,20)16-14-11-6-4-3-5-10(11)7-12(14)18/h3-6,8-9,12,14,16,18H,2,7H2,1H3/t12-,14+/m1/s1. The van der Waals surface area contributed by atoms with Crippen molar-refractivity contribution in [3.8, 4) is 0 Å². The molecular formula is C14H17N3O3S. The smallest absolute Gasteiger partial charge is 0.260 e. The molecule has 2 N–H and O–H groups in total. The predicted molar refractivity (Wildman–Crippen MR) is 77.1 cm³/mol. The van der Waals surface area contributed by atoms with Gasteiger partial charge in [-0.2, -0.15) is 4.72 Å². The molecule has 2 atom stereocenters. The number of aliphatic hydroxyl groups is 1. The molecule has 0 spiro atoms. The van der Waals surface area contributed by atoms with Gasteiger partial charge < -0.3 is 9.67 Å². The molecule has 0 radical (unpaired) electrons. The molecule has 1 aliphatic carbocycles. The van der Waals surface area contributed by atoms with Crippen LogP contribution in [0.3, 0.4) is 0 Å². The summed E-state index contributed by atoms with van der Waals surface area (Å²) in [5, 5.41) is 10.1. The van der Waals surface area contributed by atoms with E-state index in [0.29, 0.717) is 13.0 Å². The van der Waals surface area contributed by atoms with Gasteiger partial charge in [0.1, 0.15) is 0 Å². The van der Waals surface area contributed by atoms with Crippen LogP contribution in [0.1, 0.15) is 24.1 Å². The molecule has 0 saturated carbocycles. The molecule has 0 saturated heterocycles. The number of nitrogens with one attached hydrogen (secondary N) is 1. The van der Waals surface area contributed by atoms with Gasteiger partial charge in [0.2, 0.25) is 0 Å². The number of aromatic nitrogens is 2. The van der Waals surface area contributed by atoms with Gasteiger partial charge in [-0.3, -0.25) is 0 Å². The Bertz CT molecular complexity index is 754. The van der Waals surface area contributed by atoms with E-state index >= 15 is 0 Å². The summed E-state index contributed by atoms with van der Waals surface area (Å²) in [4.78, 5) is 3.91. The van der Waals surface area contributed by atoms with Gasteiger partial charge in [0.15, 0.2) is 5.03 Å². The topological polar surface area (TPSA) is 84.2 Å². The van der Waals surface area contributed by atoms with E-state index in [1.165, 1.54) is 12.5 Å². The van der Waals surface area contributed by atoms with E-state index < -0.39 is 22.2 Å². The lowest BCUT2D eigenvalue weighted by atomic mass is 10.1. The zero-order valence-corrected chi connectivity index (χ0v) is 12.4. The van der Waals surface area contributed by atoms with Crippen molar-refractivity contribution in [2.24, 2.45) is 0 Å². The van der Waals surface area contributed by atoms with Crippen molar-refractivity contribution < 1.29 is 13.5 Å². The summed E-state index contributed by atoms with van der Waals surface area (Å²) < 4.78 is 29.0. The van der Waals surface area contributed by atoms with E-state index in [4.69, 9.17) is 0 Å². The fourth-order valence-electron chi connectivity index (χ4n) is 2.59. The number of sulfonamides is 1. The minimum Gasteiger partial charge on any atom is -0.391 e. The van der Waals surface area contributed by atoms with E-state index in [0.717, 1.165) is 11.1 Å². The quantitative estimate of drug-likeness (QED) is 0.876. The summed E-state index contributed by atoms with van der Waals surface area (Å²) in [5.41, 5.74) is 1.79. The largest absolute Gasteiger partial charge is 0.391 e. The van der Waals surface area contributed by atoms with E-state index in [1.54, 1.807) is 4.57 Å². The Balaban J connectivity index is 1.89. The molecular weight excluding hydrogens is 290 g/mol. The van der Waals surface area contributed by atoms with E-state index in [1.807, 2.05) is 31.2 Å². The molecule has 2 aromatic rings. The van der Waals surface area contributed by atoms with Gasteiger partial charge in [0.25, 0.3) is 10.0 Å². The van der Waals surface area contributed by atoms with Crippen LogP contribution in [0.25, 0.3) is 0 Å².